The first-order valence-corrected chi connectivity index (χ1v) is 6.57. The van der Waals surface area contributed by atoms with Crippen molar-refractivity contribution in [1.29, 1.82) is 0 Å². The predicted molar refractivity (Wildman–Crippen MR) is 75.1 cm³/mol. The van der Waals surface area contributed by atoms with Crippen molar-refractivity contribution >= 4 is 0 Å². The summed E-state index contributed by atoms with van der Waals surface area (Å²) in [7, 11) is 1.66. The molecule has 0 spiro atoms. The van der Waals surface area contributed by atoms with Crippen LogP contribution in [0.25, 0.3) is 0 Å². The number of benzene rings is 1. The van der Waals surface area contributed by atoms with Gasteiger partial charge in [0.05, 0.1) is 13.7 Å². The van der Waals surface area contributed by atoms with Crippen LogP contribution < -0.4 is 15.2 Å². The van der Waals surface area contributed by atoms with Crippen LogP contribution in [0.1, 0.15) is 27.2 Å². The zero-order valence-corrected chi connectivity index (χ0v) is 11.8. The molecule has 0 aliphatic rings. The van der Waals surface area contributed by atoms with Gasteiger partial charge < -0.3 is 15.2 Å². The van der Waals surface area contributed by atoms with Crippen molar-refractivity contribution in [3.8, 4) is 11.5 Å². The van der Waals surface area contributed by atoms with Gasteiger partial charge in [-0.1, -0.05) is 13.8 Å². The van der Waals surface area contributed by atoms with Crippen molar-refractivity contribution in [2.75, 3.05) is 13.7 Å². The zero-order valence-electron chi connectivity index (χ0n) is 11.8. The highest BCUT2D eigenvalue weighted by Crippen LogP contribution is 2.20. The van der Waals surface area contributed by atoms with Gasteiger partial charge in [-0.3, -0.25) is 0 Å². The lowest BCUT2D eigenvalue weighted by Crippen LogP contribution is -2.31. The quantitative estimate of drug-likeness (QED) is 0.810. The molecular weight excluding hydrogens is 226 g/mol. The maximum absolute atomic E-state index is 5.98. The highest BCUT2D eigenvalue weighted by Gasteiger charge is 2.17. The molecule has 0 saturated carbocycles. The van der Waals surface area contributed by atoms with E-state index in [1.165, 1.54) is 0 Å². The number of hydrogen-bond acceptors (Lipinski definition) is 3. The Morgan fingerprint density at radius 1 is 1.06 bits per heavy atom. The summed E-state index contributed by atoms with van der Waals surface area (Å²) in [4.78, 5) is 0. The fraction of sp³-hybridized carbons (Fsp3) is 0.600. The van der Waals surface area contributed by atoms with Crippen molar-refractivity contribution in [1.82, 2.24) is 0 Å². The van der Waals surface area contributed by atoms with Gasteiger partial charge >= 0.3 is 0 Å². The first kappa shape index (κ1) is 14.8. The van der Waals surface area contributed by atoms with Crippen LogP contribution in [0.15, 0.2) is 24.3 Å². The lowest BCUT2D eigenvalue weighted by molar-refractivity contribution is 0.229. The molecule has 2 atom stereocenters. The molecule has 0 bridgehead atoms. The molecule has 0 aliphatic carbocycles. The van der Waals surface area contributed by atoms with Crippen LogP contribution in [-0.4, -0.2) is 19.8 Å². The molecule has 3 heteroatoms. The number of rotatable bonds is 7. The Labute approximate surface area is 110 Å². The molecule has 0 amide bonds. The standard InChI is InChI=1S/C15H25NO2/c1-11(2)15(12(3)16)9-10-18-14-7-5-13(17-4)6-8-14/h5-8,11-12,15H,9-10,16H2,1-4H3. The van der Waals surface area contributed by atoms with E-state index >= 15 is 0 Å². The van der Waals surface area contributed by atoms with Gasteiger partial charge in [-0.05, 0) is 49.4 Å². The minimum absolute atomic E-state index is 0.212. The monoisotopic (exact) mass is 251 g/mol. The Bertz CT molecular complexity index is 325. The van der Waals surface area contributed by atoms with E-state index in [0.717, 1.165) is 17.9 Å². The van der Waals surface area contributed by atoms with Crippen LogP contribution in [0.3, 0.4) is 0 Å². The van der Waals surface area contributed by atoms with Crippen LogP contribution in [0.2, 0.25) is 0 Å². The first-order valence-electron chi connectivity index (χ1n) is 6.57. The summed E-state index contributed by atoms with van der Waals surface area (Å²) in [5, 5.41) is 0. The van der Waals surface area contributed by atoms with Gasteiger partial charge in [0.25, 0.3) is 0 Å². The maximum atomic E-state index is 5.98. The van der Waals surface area contributed by atoms with Crippen LogP contribution in [0, 0.1) is 11.8 Å². The van der Waals surface area contributed by atoms with Crippen molar-refractivity contribution in [3.05, 3.63) is 24.3 Å². The van der Waals surface area contributed by atoms with E-state index < -0.39 is 0 Å². The second-order valence-electron chi connectivity index (χ2n) is 5.08. The molecule has 2 unspecified atom stereocenters. The lowest BCUT2D eigenvalue weighted by Gasteiger charge is -2.24. The Kier molecular flexibility index (Phi) is 5.99. The SMILES string of the molecule is COc1ccc(OCCC(C(C)C)C(C)N)cc1. The molecule has 0 fully saturated rings. The van der Waals surface area contributed by atoms with Gasteiger partial charge in [0.1, 0.15) is 11.5 Å². The lowest BCUT2D eigenvalue weighted by atomic mass is 9.87. The van der Waals surface area contributed by atoms with Gasteiger partial charge in [-0.25, -0.2) is 0 Å². The number of hydrogen-bond donors (Lipinski definition) is 1. The fourth-order valence-electron chi connectivity index (χ4n) is 2.19. The van der Waals surface area contributed by atoms with E-state index in [2.05, 4.69) is 20.8 Å². The third-order valence-corrected chi connectivity index (χ3v) is 3.31. The molecule has 0 radical (unpaired) electrons. The largest absolute Gasteiger partial charge is 0.497 e. The molecule has 1 aromatic carbocycles. The topological polar surface area (TPSA) is 44.5 Å². The Morgan fingerprint density at radius 2 is 1.61 bits per heavy atom. The van der Waals surface area contributed by atoms with Crippen molar-refractivity contribution in [2.45, 2.75) is 33.2 Å². The summed E-state index contributed by atoms with van der Waals surface area (Å²) in [6.07, 6.45) is 0.987. The summed E-state index contributed by atoms with van der Waals surface area (Å²) in [6.45, 7) is 7.19. The molecule has 0 heterocycles. The van der Waals surface area contributed by atoms with Crippen LogP contribution in [0.5, 0.6) is 11.5 Å². The van der Waals surface area contributed by atoms with E-state index in [0.29, 0.717) is 18.4 Å². The van der Waals surface area contributed by atoms with Gasteiger partial charge in [-0.15, -0.1) is 0 Å². The van der Waals surface area contributed by atoms with Crippen LogP contribution >= 0.6 is 0 Å². The average Bonchev–Trinajstić information content (AvgIpc) is 2.34. The molecular formula is C15H25NO2. The Hall–Kier alpha value is -1.22. The molecule has 0 aliphatic heterocycles. The third kappa shape index (κ3) is 4.57. The summed E-state index contributed by atoms with van der Waals surface area (Å²) < 4.78 is 10.8. The molecule has 1 rings (SSSR count). The molecule has 3 nitrogen and oxygen atoms in total. The molecule has 1 aromatic rings. The normalized spacial score (nSPS) is 14.3. The second kappa shape index (κ2) is 7.27. The third-order valence-electron chi connectivity index (χ3n) is 3.31. The van der Waals surface area contributed by atoms with E-state index in [1.54, 1.807) is 7.11 Å². The minimum atomic E-state index is 0.212. The first-order chi connectivity index (χ1) is 8.54. The fourth-order valence-corrected chi connectivity index (χ4v) is 2.19. The summed E-state index contributed by atoms with van der Waals surface area (Å²) in [5.41, 5.74) is 5.98. The number of nitrogens with two attached hydrogens (primary N) is 1. The average molecular weight is 251 g/mol. The summed E-state index contributed by atoms with van der Waals surface area (Å²) in [6, 6.07) is 7.87. The molecule has 2 N–H and O–H groups in total. The van der Waals surface area contributed by atoms with Crippen molar-refractivity contribution in [2.24, 2.45) is 17.6 Å². The van der Waals surface area contributed by atoms with Crippen molar-refractivity contribution in [3.63, 3.8) is 0 Å². The minimum Gasteiger partial charge on any atom is -0.497 e. The van der Waals surface area contributed by atoms with E-state index in [-0.39, 0.29) is 6.04 Å². The summed E-state index contributed by atoms with van der Waals surface area (Å²) >= 11 is 0. The summed E-state index contributed by atoms with van der Waals surface area (Å²) in [5.74, 6) is 2.81. The smallest absolute Gasteiger partial charge is 0.119 e. The van der Waals surface area contributed by atoms with Gasteiger partial charge in [0.2, 0.25) is 0 Å². The number of ether oxygens (including phenoxy) is 2. The molecule has 0 aromatic heterocycles. The van der Waals surface area contributed by atoms with E-state index in [4.69, 9.17) is 15.2 Å². The number of methoxy groups -OCH3 is 1. The van der Waals surface area contributed by atoms with Gasteiger partial charge in [-0.2, -0.15) is 0 Å². The highest BCUT2D eigenvalue weighted by atomic mass is 16.5. The highest BCUT2D eigenvalue weighted by molar-refractivity contribution is 5.31. The molecule has 18 heavy (non-hydrogen) atoms. The zero-order chi connectivity index (χ0) is 13.5. The van der Waals surface area contributed by atoms with Crippen LogP contribution in [0.4, 0.5) is 0 Å². The van der Waals surface area contributed by atoms with Gasteiger partial charge in [0, 0.05) is 6.04 Å². The van der Waals surface area contributed by atoms with Crippen molar-refractivity contribution < 1.29 is 9.47 Å². The predicted octanol–water partition coefficient (Wildman–Crippen LogP) is 3.08. The van der Waals surface area contributed by atoms with E-state index in [9.17, 15) is 0 Å². The maximum Gasteiger partial charge on any atom is 0.119 e. The second-order valence-corrected chi connectivity index (χ2v) is 5.08. The molecule has 102 valence electrons. The van der Waals surface area contributed by atoms with Crippen LogP contribution in [-0.2, 0) is 0 Å². The van der Waals surface area contributed by atoms with E-state index in [1.807, 2.05) is 24.3 Å². The van der Waals surface area contributed by atoms with Gasteiger partial charge in [0.15, 0.2) is 0 Å². The Morgan fingerprint density at radius 3 is 2.06 bits per heavy atom. The molecule has 0 saturated heterocycles. The Balaban J connectivity index is 2.40.